The summed E-state index contributed by atoms with van der Waals surface area (Å²) in [5, 5.41) is 3.74. The predicted molar refractivity (Wildman–Crippen MR) is 153 cm³/mol. The molecule has 2 amide bonds. The van der Waals surface area contributed by atoms with Gasteiger partial charge in [0.25, 0.3) is 5.91 Å². The number of carbonyl (C=O) groups excluding carboxylic acids is 2. The van der Waals surface area contributed by atoms with Crippen LogP contribution >= 0.6 is 0 Å². The number of aromatic amines is 1. The van der Waals surface area contributed by atoms with E-state index < -0.39 is 0 Å². The molecule has 2 N–H and O–H groups in total. The first-order valence-electron chi connectivity index (χ1n) is 13.4. The molecule has 4 aromatic rings. The molecule has 1 fully saturated rings. The minimum atomic E-state index is -0.0944. The highest BCUT2D eigenvalue weighted by Crippen LogP contribution is 2.30. The molecule has 202 valence electrons. The van der Waals surface area contributed by atoms with E-state index in [0.29, 0.717) is 37.6 Å². The molecule has 5 rings (SSSR count). The third-order valence-electron chi connectivity index (χ3n) is 7.30. The summed E-state index contributed by atoms with van der Waals surface area (Å²) in [4.78, 5) is 43.8. The zero-order valence-electron chi connectivity index (χ0n) is 22.7. The normalized spacial score (nSPS) is 17.8. The largest absolute Gasteiger partial charge is 0.355 e. The number of hydrogen-bond donors (Lipinski definition) is 2. The highest BCUT2D eigenvalue weighted by molar-refractivity contribution is 5.96. The van der Waals surface area contributed by atoms with Crippen molar-refractivity contribution in [3.05, 3.63) is 84.3 Å². The van der Waals surface area contributed by atoms with Gasteiger partial charge in [0.2, 0.25) is 5.91 Å². The van der Waals surface area contributed by atoms with Crippen molar-refractivity contribution < 1.29 is 9.59 Å². The molecular weight excluding hydrogens is 490 g/mol. The van der Waals surface area contributed by atoms with Gasteiger partial charge in [0, 0.05) is 69.2 Å². The Morgan fingerprint density at radius 3 is 2.54 bits per heavy atom. The van der Waals surface area contributed by atoms with Crippen LogP contribution in [0.15, 0.2) is 73.2 Å². The molecule has 39 heavy (non-hydrogen) atoms. The van der Waals surface area contributed by atoms with Crippen LogP contribution in [0.4, 0.5) is 11.5 Å². The average molecular weight is 526 g/mol. The zero-order valence-corrected chi connectivity index (χ0v) is 22.7. The lowest BCUT2D eigenvalue weighted by Gasteiger charge is -2.44. The lowest BCUT2D eigenvalue weighted by Crippen LogP contribution is -2.57. The van der Waals surface area contributed by atoms with Gasteiger partial charge in [-0.05, 0) is 43.7 Å². The molecule has 1 saturated heterocycles. The molecule has 2 atom stereocenters. The Kier molecular flexibility index (Phi) is 7.88. The maximum Gasteiger partial charge on any atom is 0.254 e. The van der Waals surface area contributed by atoms with E-state index in [4.69, 9.17) is 0 Å². The first kappa shape index (κ1) is 26.4. The number of fused-ring (bicyclic) bond motifs is 1. The summed E-state index contributed by atoms with van der Waals surface area (Å²) in [6.07, 6.45) is 3.35. The van der Waals surface area contributed by atoms with Crippen molar-refractivity contribution in [3.63, 3.8) is 0 Å². The molecule has 0 aliphatic carbocycles. The van der Waals surface area contributed by atoms with Crippen molar-refractivity contribution in [1.82, 2.24) is 30.1 Å². The molecule has 1 aliphatic rings. The van der Waals surface area contributed by atoms with Gasteiger partial charge in [0.05, 0.1) is 5.39 Å². The van der Waals surface area contributed by atoms with Crippen LogP contribution in [0.5, 0.6) is 0 Å². The molecule has 9 heteroatoms. The molecule has 0 radical (unpaired) electrons. The molecule has 2 unspecified atom stereocenters. The van der Waals surface area contributed by atoms with Gasteiger partial charge in [-0.2, -0.15) is 0 Å². The number of hydrogen-bond acceptors (Lipinski definition) is 6. The van der Waals surface area contributed by atoms with E-state index in [2.05, 4.69) is 63.3 Å². The van der Waals surface area contributed by atoms with Crippen LogP contribution in [0.2, 0.25) is 0 Å². The Morgan fingerprint density at radius 1 is 1.03 bits per heavy atom. The number of amides is 2. The summed E-state index contributed by atoms with van der Waals surface area (Å²) in [7, 11) is 0. The number of rotatable bonds is 8. The van der Waals surface area contributed by atoms with Gasteiger partial charge in [-0.15, -0.1) is 0 Å². The van der Waals surface area contributed by atoms with Crippen LogP contribution in [0.25, 0.3) is 11.0 Å². The van der Waals surface area contributed by atoms with Gasteiger partial charge in [0.15, 0.2) is 0 Å². The fourth-order valence-electron chi connectivity index (χ4n) is 5.39. The molecule has 2 aromatic carbocycles. The lowest BCUT2D eigenvalue weighted by molar-refractivity contribution is -0.118. The van der Waals surface area contributed by atoms with Crippen molar-refractivity contribution in [3.8, 4) is 0 Å². The van der Waals surface area contributed by atoms with Crippen LogP contribution in [0.3, 0.4) is 0 Å². The maximum absolute atomic E-state index is 13.7. The Morgan fingerprint density at radius 2 is 1.79 bits per heavy atom. The first-order valence-corrected chi connectivity index (χ1v) is 13.4. The van der Waals surface area contributed by atoms with E-state index in [1.807, 2.05) is 52.4 Å². The second-order valence-electron chi connectivity index (χ2n) is 10.2. The first-order chi connectivity index (χ1) is 18.9. The van der Waals surface area contributed by atoms with Crippen LogP contribution in [0, 0.1) is 0 Å². The van der Waals surface area contributed by atoms with Gasteiger partial charge in [-0.25, -0.2) is 9.97 Å². The van der Waals surface area contributed by atoms with E-state index in [9.17, 15) is 9.59 Å². The summed E-state index contributed by atoms with van der Waals surface area (Å²) in [5.41, 5.74) is 3.47. The van der Waals surface area contributed by atoms with E-state index in [0.717, 1.165) is 23.3 Å². The quantitative estimate of drug-likeness (QED) is 0.361. The third-order valence-corrected chi connectivity index (χ3v) is 7.30. The number of benzene rings is 2. The Labute approximate surface area is 228 Å². The maximum atomic E-state index is 13.7. The Hall–Kier alpha value is -4.24. The summed E-state index contributed by atoms with van der Waals surface area (Å²) in [5.74, 6) is 0.641. The summed E-state index contributed by atoms with van der Waals surface area (Å²) in [6.45, 7) is 9.01. The van der Waals surface area contributed by atoms with E-state index >= 15 is 0 Å². The molecule has 1 aliphatic heterocycles. The number of nitrogens with zero attached hydrogens (tertiary/aromatic N) is 5. The zero-order chi connectivity index (χ0) is 27.4. The summed E-state index contributed by atoms with van der Waals surface area (Å²) >= 11 is 0. The molecule has 0 bridgehead atoms. The summed E-state index contributed by atoms with van der Waals surface area (Å²) in [6, 6.07) is 20.5. The fraction of sp³-hybridized carbons (Fsp3) is 0.333. The van der Waals surface area contributed by atoms with E-state index in [1.54, 1.807) is 0 Å². The van der Waals surface area contributed by atoms with Gasteiger partial charge in [-0.1, -0.05) is 36.4 Å². The summed E-state index contributed by atoms with van der Waals surface area (Å²) < 4.78 is 0. The molecule has 0 saturated carbocycles. The molecular formula is C30H35N7O2. The predicted octanol–water partition coefficient (Wildman–Crippen LogP) is 3.97. The molecule has 9 nitrogen and oxygen atoms in total. The average Bonchev–Trinajstić information content (AvgIpc) is 3.43. The third kappa shape index (κ3) is 5.93. The van der Waals surface area contributed by atoms with Gasteiger partial charge in [-0.3, -0.25) is 14.5 Å². The van der Waals surface area contributed by atoms with Crippen LogP contribution in [0.1, 0.15) is 36.7 Å². The number of aromatic nitrogens is 3. The second kappa shape index (κ2) is 11.7. The number of nitrogens with one attached hydrogen (secondary N) is 2. The molecule has 3 heterocycles. The van der Waals surface area contributed by atoms with Crippen molar-refractivity contribution in [1.29, 1.82) is 0 Å². The SMILES string of the molecule is CC(=O)NCCN(c1cccc(C(=O)N2CC(C)N(Cc3ccccc3)C(C)C2)c1)c1ncnc2[nH]ccc12. The molecule has 2 aromatic heterocycles. The molecule has 0 spiro atoms. The van der Waals surface area contributed by atoms with Gasteiger partial charge >= 0.3 is 0 Å². The topological polar surface area (TPSA) is 97.5 Å². The Balaban J connectivity index is 1.37. The van der Waals surface area contributed by atoms with Crippen LogP contribution in [-0.4, -0.2) is 74.8 Å². The standard InChI is InChI=1S/C30H35N7O2/c1-21-17-35(18-22(2)37(21)19-24-8-5-4-6-9-24)30(39)25-10-7-11-26(16-25)36(15-14-31-23(3)38)29-27-12-13-32-28(27)33-20-34-29/h4-13,16,20-22H,14-15,17-19H2,1-3H3,(H,31,38)(H,32,33,34). The number of H-pyrrole nitrogens is 1. The van der Waals surface area contributed by atoms with Crippen molar-refractivity contribution in [2.45, 2.75) is 39.4 Å². The minimum Gasteiger partial charge on any atom is -0.355 e. The van der Waals surface area contributed by atoms with E-state index in [1.165, 1.54) is 18.8 Å². The van der Waals surface area contributed by atoms with E-state index in [-0.39, 0.29) is 23.9 Å². The number of piperazine rings is 1. The Bertz CT molecular complexity index is 1430. The van der Waals surface area contributed by atoms with Gasteiger partial charge in [0.1, 0.15) is 17.8 Å². The van der Waals surface area contributed by atoms with Crippen molar-refractivity contribution >= 4 is 34.4 Å². The lowest BCUT2D eigenvalue weighted by atomic mass is 10.0. The number of carbonyl (C=O) groups is 2. The van der Waals surface area contributed by atoms with Gasteiger partial charge < -0.3 is 20.1 Å². The minimum absolute atomic E-state index is 0.0196. The number of anilines is 2. The second-order valence-corrected chi connectivity index (χ2v) is 10.2. The monoisotopic (exact) mass is 525 g/mol. The van der Waals surface area contributed by atoms with Crippen LogP contribution in [-0.2, 0) is 11.3 Å². The van der Waals surface area contributed by atoms with Crippen LogP contribution < -0.4 is 10.2 Å². The smallest absolute Gasteiger partial charge is 0.254 e. The van der Waals surface area contributed by atoms with Crippen molar-refractivity contribution in [2.75, 3.05) is 31.1 Å². The highest BCUT2D eigenvalue weighted by Gasteiger charge is 2.32. The fourth-order valence-corrected chi connectivity index (χ4v) is 5.39. The van der Waals surface area contributed by atoms with Crippen molar-refractivity contribution in [2.24, 2.45) is 0 Å². The highest BCUT2D eigenvalue weighted by atomic mass is 16.2.